The fourth-order valence-corrected chi connectivity index (χ4v) is 3.55. The molecule has 22 heavy (non-hydrogen) atoms. The van der Waals surface area contributed by atoms with Gasteiger partial charge in [-0.3, -0.25) is 4.79 Å². The van der Waals surface area contributed by atoms with Crippen LogP contribution in [0.1, 0.15) is 48.5 Å². The Bertz CT molecular complexity index is 647. The largest absolute Gasteiger partial charge is 0.349 e. The Morgan fingerprint density at radius 3 is 2.41 bits per heavy atom. The molecule has 2 rings (SSSR count). The van der Waals surface area contributed by atoms with E-state index in [0.717, 1.165) is 37.2 Å². The maximum atomic E-state index is 12.5. The molecule has 1 fully saturated rings. The SMILES string of the molecule is CNS(=O)(=O)c1ccc(C)c(C(=O)NC2CCC(C)CC2)c1. The predicted molar refractivity (Wildman–Crippen MR) is 86.3 cm³/mol. The first-order chi connectivity index (χ1) is 10.3. The molecule has 1 aliphatic rings. The van der Waals surface area contributed by atoms with E-state index in [-0.39, 0.29) is 16.8 Å². The van der Waals surface area contributed by atoms with Crippen molar-refractivity contribution >= 4 is 15.9 Å². The van der Waals surface area contributed by atoms with Gasteiger partial charge in [-0.2, -0.15) is 0 Å². The van der Waals surface area contributed by atoms with E-state index in [1.165, 1.54) is 19.2 Å². The number of hydrogen-bond acceptors (Lipinski definition) is 3. The van der Waals surface area contributed by atoms with E-state index in [2.05, 4.69) is 17.0 Å². The molecule has 6 heteroatoms. The summed E-state index contributed by atoms with van der Waals surface area (Å²) in [5.74, 6) is 0.532. The number of benzene rings is 1. The van der Waals surface area contributed by atoms with Gasteiger partial charge in [-0.25, -0.2) is 13.1 Å². The van der Waals surface area contributed by atoms with Crippen molar-refractivity contribution in [2.45, 2.75) is 50.5 Å². The maximum Gasteiger partial charge on any atom is 0.251 e. The third-order valence-electron chi connectivity index (χ3n) is 4.38. The number of rotatable bonds is 4. The third-order valence-corrected chi connectivity index (χ3v) is 5.80. The fraction of sp³-hybridized carbons (Fsp3) is 0.562. The molecule has 1 aromatic carbocycles. The lowest BCUT2D eigenvalue weighted by Crippen LogP contribution is -2.37. The molecule has 0 spiro atoms. The highest BCUT2D eigenvalue weighted by Gasteiger charge is 2.22. The minimum Gasteiger partial charge on any atom is -0.349 e. The zero-order valence-corrected chi connectivity index (χ0v) is 14.2. The van der Waals surface area contributed by atoms with Gasteiger partial charge in [-0.15, -0.1) is 0 Å². The lowest BCUT2D eigenvalue weighted by molar-refractivity contribution is 0.0922. The van der Waals surface area contributed by atoms with E-state index in [1.807, 2.05) is 6.92 Å². The highest BCUT2D eigenvalue weighted by atomic mass is 32.2. The molecular formula is C16H24N2O3S. The van der Waals surface area contributed by atoms with Gasteiger partial charge >= 0.3 is 0 Å². The lowest BCUT2D eigenvalue weighted by Gasteiger charge is -2.27. The first-order valence-electron chi connectivity index (χ1n) is 7.68. The van der Waals surface area contributed by atoms with Crippen LogP contribution in [0.3, 0.4) is 0 Å². The van der Waals surface area contributed by atoms with E-state index < -0.39 is 10.0 Å². The van der Waals surface area contributed by atoms with Gasteiger partial charge in [0.25, 0.3) is 5.91 Å². The second-order valence-electron chi connectivity index (χ2n) is 6.11. The van der Waals surface area contributed by atoms with Crippen LogP contribution in [0.2, 0.25) is 0 Å². The fourth-order valence-electron chi connectivity index (χ4n) is 2.80. The van der Waals surface area contributed by atoms with E-state index in [1.54, 1.807) is 6.07 Å². The number of hydrogen-bond donors (Lipinski definition) is 2. The molecule has 1 amide bonds. The number of nitrogens with one attached hydrogen (secondary N) is 2. The highest BCUT2D eigenvalue weighted by molar-refractivity contribution is 7.89. The van der Waals surface area contributed by atoms with Crippen molar-refractivity contribution in [2.24, 2.45) is 5.92 Å². The van der Waals surface area contributed by atoms with Crippen molar-refractivity contribution in [2.75, 3.05) is 7.05 Å². The first kappa shape index (κ1) is 17.0. The number of carbonyl (C=O) groups excluding carboxylic acids is 1. The number of amides is 1. The molecule has 1 saturated carbocycles. The molecule has 2 N–H and O–H groups in total. The van der Waals surface area contributed by atoms with Gasteiger partial charge in [0.2, 0.25) is 10.0 Å². The molecular weight excluding hydrogens is 300 g/mol. The van der Waals surface area contributed by atoms with Crippen molar-refractivity contribution in [1.29, 1.82) is 0 Å². The van der Waals surface area contributed by atoms with E-state index in [9.17, 15) is 13.2 Å². The van der Waals surface area contributed by atoms with Crippen LogP contribution in [0.5, 0.6) is 0 Å². The van der Waals surface area contributed by atoms with Crippen LogP contribution in [0, 0.1) is 12.8 Å². The Morgan fingerprint density at radius 2 is 1.82 bits per heavy atom. The van der Waals surface area contributed by atoms with Gasteiger partial charge in [0.05, 0.1) is 4.90 Å². The first-order valence-corrected chi connectivity index (χ1v) is 9.17. The summed E-state index contributed by atoms with van der Waals surface area (Å²) in [5, 5.41) is 3.04. The Kier molecular flexibility index (Phi) is 5.24. The standard InChI is InChI=1S/C16H24N2O3S/c1-11-4-7-13(8-5-11)18-16(19)15-10-14(9-6-12(15)2)22(20,21)17-3/h6,9-11,13,17H,4-5,7-8H2,1-3H3,(H,18,19). The van der Waals surface area contributed by atoms with Crippen LogP contribution in [0.15, 0.2) is 23.1 Å². The molecule has 0 unspecified atom stereocenters. The van der Waals surface area contributed by atoms with E-state index in [0.29, 0.717) is 5.56 Å². The highest BCUT2D eigenvalue weighted by Crippen LogP contribution is 2.24. The predicted octanol–water partition coefficient (Wildman–Crippen LogP) is 2.21. The van der Waals surface area contributed by atoms with Crippen molar-refractivity contribution < 1.29 is 13.2 Å². The summed E-state index contributed by atoms with van der Waals surface area (Å²) in [6.07, 6.45) is 4.22. The quantitative estimate of drug-likeness (QED) is 0.891. The summed E-state index contributed by atoms with van der Waals surface area (Å²) in [7, 11) is -2.18. The third kappa shape index (κ3) is 3.87. The van der Waals surface area contributed by atoms with Crippen LogP contribution in [0.4, 0.5) is 0 Å². The minimum atomic E-state index is -3.54. The molecule has 0 radical (unpaired) electrons. The van der Waals surface area contributed by atoms with E-state index in [4.69, 9.17) is 0 Å². The summed E-state index contributed by atoms with van der Waals surface area (Å²) in [6.45, 7) is 4.04. The van der Waals surface area contributed by atoms with Crippen molar-refractivity contribution in [1.82, 2.24) is 10.0 Å². The zero-order chi connectivity index (χ0) is 16.3. The van der Waals surface area contributed by atoms with Crippen LogP contribution in [0.25, 0.3) is 0 Å². The van der Waals surface area contributed by atoms with Gasteiger partial charge in [0.1, 0.15) is 0 Å². The topological polar surface area (TPSA) is 75.3 Å². The van der Waals surface area contributed by atoms with Gasteiger partial charge in [0, 0.05) is 11.6 Å². The van der Waals surface area contributed by atoms with Crippen molar-refractivity contribution in [3.8, 4) is 0 Å². The summed E-state index contributed by atoms with van der Waals surface area (Å²) >= 11 is 0. The van der Waals surface area contributed by atoms with Crippen LogP contribution >= 0.6 is 0 Å². The molecule has 0 bridgehead atoms. The molecule has 1 aromatic rings. The summed E-state index contributed by atoms with van der Waals surface area (Å²) in [6, 6.07) is 4.82. The molecule has 0 atom stereocenters. The number of aryl methyl sites for hydroxylation is 1. The summed E-state index contributed by atoms with van der Waals surface area (Å²) < 4.78 is 26.0. The smallest absolute Gasteiger partial charge is 0.251 e. The van der Waals surface area contributed by atoms with Gasteiger partial charge in [-0.1, -0.05) is 13.0 Å². The van der Waals surface area contributed by atoms with Crippen LogP contribution < -0.4 is 10.0 Å². The second kappa shape index (κ2) is 6.79. The van der Waals surface area contributed by atoms with Gasteiger partial charge in [-0.05, 0) is 63.3 Å². The molecule has 5 nitrogen and oxygen atoms in total. The van der Waals surface area contributed by atoms with E-state index >= 15 is 0 Å². The van der Waals surface area contributed by atoms with Crippen molar-refractivity contribution in [3.05, 3.63) is 29.3 Å². The average molecular weight is 324 g/mol. The molecule has 0 aromatic heterocycles. The van der Waals surface area contributed by atoms with Gasteiger partial charge < -0.3 is 5.32 Å². The minimum absolute atomic E-state index is 0.114. The number of sulfonamides is 1. The molecule has 0 aliphatic heterocycles. The monoisotopic (exact) mass is 324 g/mol. The summed E-state index contributed by atoms with van der Waals surface area (Å²) in [5.41, 5.74) is 1.20. The number of carbonyl (C=O) groups is 1. The Hall–Kier alpha value is -1.40. The molecule has 0 heterocycles. The average Bonchev–Trinajstić information content (AvgIpc) is 2.49. The molecule has 0 saturated heterocycles. The Balaban J connectivity index is 2.17. The molecule has 122 valence electrons. The maximum absolute atomic E-state index is 12.5. The Labute approximate surface area is 132 Å². The van der Waals surface area contributed by atoms with Crippen LogP contribution in [-0.2, 0) is 10.0 Å². The lowest BCUT2D eigenvalue weighted by atomic mass is 9.87. The normalized spacial score (nSPS) is 22.3. The van der Waals surface area contributed by atoms with Gasteiger partial charge in [0.15, 0.2) is 0 Å². The van der Waals surface area contributed by atoms with Crippen molar-refractivity contribution in [3.63, 3.8) is 0 Å². The Morgan fingerprint density at radius 1 is 1.18 bits per heavy atom. The molecule has 1 aliphatic carbocycles. The zero-order valence-electron chi connectivity index (χ0n) is 13.3. The summed E-state index contributed by atoms with van der Waals surface area (Å²) in [4.78, 5) is 12.6. The van der Waals surface area contributed by atoms with Crippen LogP contribution in [-0.4, -0.2) is 27.4 Å². The second-order valence-corrected chi connectivity index (χ2v) is 8.00.